The summed E-state index contributed by atoms with van der Waals surface area (Å²) in [6.45, 7) is 5.11. The summed E-state index contributed by atoms with van der Waals surface area (Å²) in [6.07, 6.45) is -1.67. The summed E-state index contributed by atoms with van der Waals surface area (Å²) < 4.78 is 0. The molecule has 0 bridgehead atoms. The van der Waals surface area contributed by atoms with Crippen molar-refractivity contribution in [1.29, 1.82) is 0 Å². The monoisotopic (exact) mass is 832 g/mol. The van der Waals surface area contributed by atoms with Gasteiger partial charge in [-0.05, 0) is 50.5 Å². The van der Waals surface area contributed by atoms with Crippen molar-refractivity contribution >= 4 is 59.3 Å². The van der Waals surface area contributed by atoms with E-state index in [1.165, 1.54) is 11.8 Å². The number of carbonyl (C=O) groups is 10. The van der Waals surface area contributed by atoms with E-state index in [0.29, 0.717) is 18.4 Å². The quantitative estimate of drug-likeness (QED) is 0.0516. The second-order valence-electron chi connectivity index (χ2n) is 14.5. The highest BCUT2D eigenvalue weighted by Gasteiger charge is 2.39. The Morgan fingerprint density at radius 1 is 0.712 bits per heavy atom. The number of benzene rings is 1. The van der Waals surface area contributed by atoms with Crippen molar-refractivity contribution in [2.24, 2.45) is 17.4 Å². The summed E-state index contributed by atoms with van der Waals surface area (Å²) in [5.41, 5.74) is 11.8. The average molecular weight is 833 g/mol. The topological polar surface area (TPSA) is 347 Å². The first-order valence-corrected chi connectivity index (χ1v) is 19.3. The smallest absolute Gasteiger partial charge is 0.326 e. The van der Waals surface area contributed by atoms with Crippen LogP contribution in [0.25, 0.3) is 0 Å². The first-order valence-electron chi connectivity index (χ1n) is 19.3. The standard InChI is InChI=1S/C38H56N8O13/c1-4-20(2)31(40)37(57)46-18-8-11-27(46)36(56)43-24(14-17-30(50)51)34(54)42-23(13-16-29(48)49)33(53)41-21(3)32(52)45-26(19-22-9-6-5-7-10-22)35(55)44-25(38(58)59)12-15-28(39)47/h5-7,9-10,20-21,23-27,31H,4,8,11-19,40H2,1-3H3,(H2,39,47)(H,41,53)(H,42,54)(H,43,56)(H,44,55)(H,45,52)(H,48,49)(H,50,51)(H,58,59). The molecule has 8 atom stereocenters. The lowest BCUT2D eigenvalue weighted by Crippen LogP contribution is -2.59. The first-order chi connectivity index (χ1) is 27.7. The predicted molar refractivity (Wildman–Crippen MR) is 207 cm³/mol. The maximum absolute atomic E-state index is 13.6. The molecule has 21 heteroatoms. The molecule has 8 unspecified atom stereocenters. The molecule has 59 heavy (non-hydrogen) atoms. The molecule has 326 valence electrons. The Bertz CT molecular complexity index is 1690. The van der Waals surface area contributed by atoms with Crippen LogP contribution in [0.4, 0.5) is 0 Å². The molecule has 1 saturated heterocycles. The molecule has 1 fully saturated rings. The Morgan fingerprint density at radius 3 is 1.76 bits per heavy atom. The molecule has 0 aromatic heterocycles. The van der Waals surface area contributed by atoms with Crippen molar-refractivity contribution in [1.82, 2.24) is 31.5 Å². The molecule has 21 nitrogen and oxygen atoms in total. The molecule has 7 amide bonds. The maximum atomic E-state index is 13.6. The number of carboxylic acid groups (broad SMARTS) is 3. The van der Waals surface area contributed by atoms with Crippen molar-refractivity contribution in [2.45, 2.75) is 127 Å². The lowest BCUT2D eigenvalue weighted by atomic mass is 9.98. The van der Waals surface area contributed by atoms with Crippen LogP contribution >= 0.6 is 0 Å². The zero-order chi connectivity index (χ0) is 44.4. The highest BCUT2D eigenvalue weighted by atomic mass is 16.4. The fourth-order valence-corrected chi connectivity index (χ4v) is 6.16. The third kappa shape index (κ3) is 16.3. The van der Waals surface area contributed by atoms with Crippen LogP contribution < -0.4 is 38.1 Å². The Labute approximate surface area is 340 Å². The zero-order valence-corrected chi connectivity index (χ0v) is 33.3. The number of amides is 7. The van der Waals surface area contributed by atoms with E-state index >= 15 is 0 Å². The average Bonchev–Trinajstić information content (AvgIpc) is 3.68. The van der Waals surface area contributed by atoms with Crippen molar-refractivity contribution in [3.05, 3.63) is 35.9 Å². The van der Waals surface area contributed by atoms with E-state index in [1.807, 2.05) is 6.92 Å². The number of nitrogens with two attached hydrogens (primary N) is 2. The summed E-state index contributed by atoms with van der Waals surface area (Å²) in [4.78, 5) is 128. The molecule has 0 radical (unpaired) electrons. The molecule has 0 spiro atoms. The summed E-state index contributed by atoms with van der Waals surface area (Å²) in [7, 11) is 0. The third-order valence-corrected chi connectivity index (χ3v) is 9.90. The van der Waals surface area contributed by atoms with Gasteiger partial charge in [-0.1, -0.05) is 50.6 Å². The van der Waals surface area contributed by atoms with Crippen molar-refractivity contribution in [2.75, 3.05) is 6.54 Å². The van der Waals surface area contributed by atoms with Gasteiger partial charge in [0.1, 0.15) is 36.3 Å². The number of aliphatic carboxylic acids is 3. The molecule has 0 saturated carbocycles. The van der Waals surface area contributed by atoms with Crippen LogP contribution in [0.3, 0.4) is 0 Å². The van der Waals surface area contributed by atoms with Crippen molar-refractivity contribution in [3.63, 3.8) is 0 Å². The summed E-state index contributed by atoms with van der Waals surface area (Å²) in [6, 6.07) is -1.08. The normalized spacial score (nSPS) is 17.1. The zero-order valence-electron chi connectivity index (χ0n) is 33.3. The van der Waals surface area contributed by atoms with Crippen LogP contribution in [0.15, 0.2) is 30.3 Å². The Kier molecular flexibility index (Phi) is 19.9. The van der Waals surface area contributed by atoms with Crippen molar-refractivity contribution in [3.8, 4) is 0 Å². The van der Waals surface area contributed by atoms with Gasteiger partial charge in [0.2, 0.25) is 41.4 Å². The molecule has 1 aromatic rings. The van der Waals surface area contributed by atoms with E-state index in [-0.39, 0.29) is 38.1 Å². The number of nitrogens with zero attached hydrogens (tertiary/aromatic N) is 1. The number of carboxylic acids is 3. The van der Waals surface area contributed by atoms with Gasteiger partial charge in [0, 0.05) is 32.2 Å². The second-order valence-corrected chi connectivity index (χ2v) is 14.5. The van der Waals surface area contributed by atoms with Crippen molar-refractivity contribution < 1.29 is 63.3 Å². The van der Waals surface area contributed by atoms with Crippen LogP contribution in [0.5, 0.6) is 0 Å². The lowest BCUT2D eigenvalue weighted by molar-refractivity contribution is -0.142. The van der Waals surface area contributed by atoms with Gasteiger partial charge >= 0.3 is 17.9 Å². The number of hydrogen-bond acceptors (Lipinski definition) is 11. The van der Waals surface area contributed by atoms with Crippen LogP contribution in [-0.4, -0.2) is 128 Å². The van der Waals surface area contributed by atoms with Crippen LogP contribution in [0, 0.1) is 5.92 Å². The van der Waals surface area contributed by atoms with Gasteiger partial charge in [-0.15, -0.1) is 0 Å². The third-order valence-electron chi connectivity index (χ3n) is 9.90. The van der Waals surface area contributed by atoms with Gasteiger partial charge in [-0.3, -0.25) is 43.2 Å². The fraction of sp³-hybridized carbons (Fsp3) is 0.579. The summed E-state index contributed by atoms with van der Waals surface area (Å²) in [5, 5.41) is 40.2. The Balaban J connectivity index is 2.26. The number of hydrogen-bond donors (Lipinski definition) is 10. The molecular weight excluding hydrogens is 776 g/mol. The molecule has 12 N–H and O–H groups in total. The number of primary amides is 1. The minimum Gasteiger partial charge on any atom is -0.481 e. The predicted octanol–water partition coefficient (Wildman–Crippen LogP) is -1.88. The number of nitrogens with one attached hydrogen (secondary N) is 5. The molecule has 1 aromatic carbocycles. The second kappa shape index (κ2) is 24.0. The van der Waals surface area contributed by atoms with E-state index < -0.39 is 127 Å². The first kappa shape index (κ1) is 49.0. The minimum absolute atomic E-state index is 0.126. The van der Waals surface area contributed by atoms with Gasteiger partial charge in [-0.25, -0.2) is 4.79 Å². The highest BCUT2D eigenvalue weighted by Crippen LogP contribution is 2.21. The fourth-order valence-electron chi connectivity index (χ4n) is 6.16. The Morgan fingerprint density at radius 2 is 1.22 bits per heavy atom. The molecule has 1 aliphatic rings. The van der Waals surface area contributed by atoms with Gasteiger partial charge in [0.25, 0.3) is 0 Å². The summed E-state index contributed by atoms with van der Waals surface area (Å²) in [5.74, 6) is -10.2. The lowest BCUT2D eigenvalue weighted by Gasteiger charge is -2.30. The van der Waals surface area contributed by atoms with E-state index in [4.69, 9.17) is 11.5 Å². The van der Waals surface area contributed by atoms with Crippen LogP contribution in [-0.2, 0) is 54.4 Å². The number of rotatable bonds is 25. The molecule has 0 aliphatic carbocycles. The number of likely N-dealkylation sites (tertiary alicyclic amines) is 1. The Hall–Kier alpha value is -6.12. The van der Waals surface area contributed by atoms with Gasteiger partial charge < -0.3 is 58.3 Å². The minimum atomic E-state index is -1.62. The molecular formula is C38H56N8O13. The molecule has 1 heterocycles. The van der Waals surface area contributed by atoms with Gasteiger partial charge in [0.15, 0.2) is 0 Å². The van der Waals surface area contributed by atoms with Gasteiger partial charge in [0.05, 0.1) is 6.04 Å². The SMILES string of the molecule is CCC(C)C(N)C(=O)N1CCCC1C(=O)NC(CCC(=O)O)C(=O)NC(CCC(=O)O)C(=O)NC(C)C(=O)NC(Cc1ccccc1)C(=O)NC(CCC(N)=O)C(=O)O. The molecule has 2 rings (SSSR count). The molecule has 1 aliphatic heterocycles. The van der Waals surface area contributed by atoms with Crippen LogP contribution in [0.1, 0.15) is 84.1 Å². The van der Waals surface area contributed by atoms with Crippen LogP contribution in [0.2, 0.25) is 0 Å². The largest absolute Gasteiger partial charge is 0.481 e. The van der Waals surface area contributed by atoms with E-state index in [1.54, 1.807) is 37.3 Å². The van der Waals surface area contributed by atoms with E-state index in [2.05, 4.69) is 26.6 Å². The van der Waals surface area contributed by atoms with E-state index in [0.717, 1.165) is 0 Å². The number of carbonyl (C=O) groups excluding carboxylic acids is 7. The van der Waals surface area contributed by atoms with E-state index in [9.17, 15) is 63.3 Å². The highest BCUT2D eigenvalue weighted by molar-refractivity contribution is 5.97. The summed E-state index contributed by atoms with van der Waals surface area (Å²) >= 11 is 0. The maximum Gasteiger partial charge on any atom is 0.326 e. The van der Waals surface area contributed by atoms with Gasteiger partial charge in [-0.2, -0.15) is 0 Å².